The Hall–Kier alpha value is -2.41. The molecule has 1 aliphatic rings. The van der Waals surface area contributed by atoms with Crippen LogP contribution in [-0.2, 0) is 19.1 Å². The third-order valence-electron chi connectivity index (χ3n) is 4.22. The van der Waals surface area contributed by atoms with Gasteiger partial charge in [-0.2, -0.15) is 0 Å². The lowest BCUT2D eigenvalue weighted by Gasteiger charge is -2.21. The molecule has 0 radical (unpaired) electrons. The number of carbonyl (C=O) groups excluding carboxylic acids is 3. The molecule has 0 aromatic heterocycles. The van der Waals surface area contributed by atoms with Crippen LogP contribution in [0, 0.1) is 5.92 Å². The summed E-state index contributed by atoms with van der Waals surface area (Å²) in [5.41, 5.74) is 5.95. The van der Waals surface area contributed by atoms with Crippen molar-refractivity contribution in [3.63, 3.8) is 0 Å². The van der Waals surface area contributed by atoms with E-state index >= 15 is 0 Å². The fraction of sp³-hybridized carbons (Fsp3) is 0.526. The van der Waals surface area contributed by atoms with Gasteiger partial charge in [0, 0.05) is 13.0 Å². The molecule has 1 fully saturated rings. The molecule has 142 valence electrons. The molecule has 0 spiro atoms. The topological polar surface area (TPSA) is 111 Å². The largest absolute Gasteiger partial charge is 0.367 e. The van der Waals surface area contributed by atoms with Gasteiger partial charge >= 0.3 is 0 Å². The van der Waals surface area contributed by atoms with Crippen molar-refractivity contribution in [1.29, 1.82) is 0 Å². The highest BCUT2D eigenvalue weighted by Gasteiger charge is 2.30. The van der Waals surface area contributed by atoms with Crippen molar-refractivity contribution in [2.24, 2.45) is 11.7 Å². The highest BCUT2D eigenvalue weighted by Crippen LogP contribution is 2.19. The second kappa shape index (κ2) is 9.33. The predicted molar refractivity (Wildman–Crippen MR) is 96.9 cm³/mol. The summed E-state index contributed by atoms with van der Waals surface area (Å²) in [5, 5.41) is 5.61. The van der Waals surface area contributed by atoms with Crippen molar-refractivity contribution in [3.8, 4) is 0 Å². The van der Waals surface area contributed by atoms with Crippen molar-refractivity contribution in [2.75, 3.05) is 6.54 Å². The Balaban J connectivity index is 1.97. The Kier molecular flexibility index (Phi) is 7.15. The second-order valence-corrected chi connectivity index (χ2v) is 6.98. The maximum Gasteiger partial charge on any atom is 0.247 e. The Bertz CT molecular complexity index is 633. The first-order valence-electron chi connectivity index (χ1n) is 8.93. The number of nitrogens with one attached hydrogen (secondary N) is 2. The van der Waals surface area contributed by atoms with E-state index in [2.05, 4.69) is 10.6 Å². The van der Waals surface area contributed by atoms with Crippen LogP contribution < -0.4 is 16.4 Å². The summed E-state index contributed by atoms with van der Waals surface area (Å²) in [6.45, 7) is 4.17. The SMILES string of the molecule is CC(C)CC(=O)N[C@H](C(=O)NC[C@H]1CC[C@H](C(N)=O)O1)c1ccccc1. The normalized spacial score (nSPS) is 20.6. The Morgan fingerprint density at radius 2 is 1.88 bits per heavy atom. The number of rotatable bonds is 8. The fourth-order valence-corrected chi connectivity index (χ4v) is 2.92. The van der Waals surface area contributed by atoms with Crippen LogP contribution in [0.25, 0.3) is 0 Å². The first kappa shape index (κ1) is 19.9. The van der Waals surface area contributed by atoms with Crippen LogP contribution in [-0.4, -0.2) is 36.5 Å². The highest BCUT2D eigenvalue weighted by molar-refractivity contribution is 5.88. The van der Waals surface area contributed by atoms with E-state index in [9.17, 15) is 14.4 Å². The van der Waals surface area contributed by atoms with E-state index in [-0.39, 0.29) is 30.4 Å². The van der Waals surface area contributed by atoms with Gasteiger partial charge in [0.15, 0.2) is 0 Å². The minimum Gasteiger partial charge on any atom is -0.367 e. The molecule has 26 heavy (non-hydrogen) atoms. The fourth-order valence-electron chi connectivity index (χ4n) is 2.92. The molecule has 0 aliphatic carbocycles. The zero-order valence-electron chi connectivity index (χ0n) is 15.2. The molecule has 1 aliphatic heterocycles. The van der Waals surface area contributed by atoms with Crippen LogP contribution >= 0.6 is 0 Å². The number of hydrogen-bond donors (Lipinski definition) is 3. The number of benzene rings is 1. The van der Waals surface area contributed by atoms with Crippen molar-refractivity contribution >= 4 is 17.7 Å². The summed E-state index contributed by atoms with van der Waals surface area (Å²) in [6, 6.07) is 8.33. The molecular weight excluding hydrogens is 334 g/mol. The molecule has 3 atom stereocenters. The number of ether oxygens (including phenoxy) is 1. The van der Waals surface area contributed by atoms with Crippen LogP contribution in [0.3, 0.4) is 0 Å². The standard InChI is InChI=1S/C19H27N3O4/c1-12(2)10-16(23)22-17(13-6-4-3-5-7-13)19(25)21-11-14-8-9-15(26-14)18(20)24/h3-7,12,14-15,17H,8-11H2,1-2H3,(H2,20,24)(H,21,25)(H,22,23)/t14-,15-,17+/m1/s1. The van der Waals surface area contributed by atoms with Gasteiger partial charge in [-0.3, -0.25) is 14.4 Å². The zero-order valence-corrected chi connectivity index (χ0v) is 15.2. The summed E-state index contributed by atoms with van der Waals surface area (Å²) >= 11 is 0. The quantitative estimate of drug-likeness (QED) is 0.642. The lowest BCUT2D eigenvalue weighted by atomic mass is 10.0. The van der Waals surface area contributed by atoms with Gasteiger partial charge < -0.3 is 21.1 Å². The maximum absolute atomic E-state index is 12.7. The summed E-state index contributed by atoms with van der Waals surface area (Å²) in [6.07, 6.45) is 0.724. The molecule has 4 N–H and O–H groups in total. The molecule has 0 saturated carbocycles. The number of hydrogen-bond acceptors (Lipinski definition) is 4. The van der Waals surface area contributed by atoms with E-state index in [0.29, 0.717) is 24.8 Å². The van der Waals surface area contributed by atoms with E-state index in [1.165, 1.54) is 0 Å². The molecular formula is C19H27N3O4. The smallest absolute Gasteiger partial charge is 0.247 e. The van der Waals surface area contributed by atoms with Crippen molar-refractivity contribution in [1.82, 2.24) is 10.6 Å². The van der Waals surface area contributed by atoms with Gasteiger partial charge in [-0.1, -0.05) is 44.2 Å². The van der Waals surface area contributed by atoms with Gasteiger partial charge in [-0.25, -0.2) is 0 Å². The van der Waals surface area contributed by atoms with Gasteiger partial charge in [0.05, 0.1) is 6.10 Å². The average Bonchev–Trinajstić information content (AvgIpc) is 3.07. The van der Waals surface area contributed by atoms with E-state index in [4.69, 9.17) is 10.5 Å². The number of nitrogens with two attached hydrogens (primary N) is 1. The zero-order chi connectivity index (χ0) is 19.1. The van der Waals surface area contributed by atoms with Crippen LogP contribution in [0.15, 0.2) is 30.3 Å². The monoisotopic (exact) mass is 361 g/mol. The third kappa shape index (κ3) is 5.84. The molecule has 7 nitrogen and oxygen atoms in total. The maximum atomic E-state index is 12.7. The van der Waals surface area contributed by atoms with Crippen LogP contribution in [0.5, 0.6) is 0 Å². The molecule has 1 aromatic rings. The summed E-state index contributed by atoms with van der Waals surface area (Å²) < 4.78 is 5.52. The summed E-state index contributed by atoms with van der Waals surface area (Å²) in [4.78, 5) is 36.0. The van der Waals surface area contributed by atoms with E-state index in [1.54, 1.807) is 12.1 Å². The van der Waals surface area contributed by atoms with Gasteiger partial charge in [0.25, 0.3) is 0 Å². The van der Waals surface area contributed by atoms with Gasteiger partial charge in [0.2, 0.25) is 17.7 Å². The second-order valence-electron chi connectivity index (χ2n) is 6.98. The number of carbonyl (C=O) groups is 3. The molecule has 1 heterocycles. The van der Waals surface area contributed by atoms with E-state index in [0.717, 1.165) is 0 Å². The molecule has 7 heteroatoms. The lowest BCUT2D eigenvalue weighted by molar-refractivity contribution is -0.131. The first-order valence-corrected chi connectivity index (χ1v) is 8.93. The highest BCUT2D eigenvalue weighted by atomic mass is 16.5. The van der Waals surface area contributed by atoms with Gasteiger partial charge in [0.1, 0.15) is 12.1 Å². The van der Waals surface area contributed by atoms with Crippen molar-refractivity contribution < 1.29 is 19.1 Å². The van der Waals surface area contributed by atoms with Crippen LogP contribution in [0.1, 0.15) is 44.7 Å². The van der Waals surface area contributed by atoms with Crippen molar-refractivity contribution in [3.05, 3.63) is 35.9 Å². The molecule has 1 aromatic carbocycles. The number of primary amides is 1. The molecule has 0 unspecified atom stereocenters. The summed E-state index contributed by atoms with van der Waals surface area (Å²) in [5.74, 6) is -0.761. The Morgan fingerprint density at radius 1 is 1.19 bits per heavy atom. The Labute approximate surface area is 153 Å². The van der Waals surface area contributed by atoms with Crippen LogP contribution in [0.2, 0.25) is 0 Å². The lowest BCUT2D eigenvalue weighted by Crippen LogP contribution is -2.43. The Morgan fingerprint density at radius 3 is 2.46 bits per heavy atom. The van der Waals surface area contributed by atoms with Crippen molar-refractivity contribution in [2.45, 2.75) is 51.4 Å². The summed E-state index contributed by atoms with van der Waals surface area (Å²) in [7, 11) is 0. The van der Waals surface area contributed by atoms with Crippen LogP contribution in [0.4, 0.5) is 0 Å². The third-order valence-corrected chi connectivity index (χ3v) is 4.22. The van der Waals surface area contributed by atoms with E-state index < -0.39 is 18.1 Å². The van der Waals surface area contributed by atoms with E-state index in [1.807, 2.05) is 32.0 Å². The van der Waals surface area contributed by atoms with Gasteiger partial charge in [-0.15, -0.1) is 0 Å². The average molecular weight is 361 g/mol. The van der Waals surface area contributed by atoms with Gasteiger partial charge in [-0.05, 0) is 24.3 Å². The molecule has 0 bridgehead atoms. The first-order chi connectivity index (χ1) is 12.4. The minimum atomic E-state index is -0.768. The minimum absolute atomic E-state index is 0.171. The molecule has 1 saturated heterocycles. The molecule has 2 rings (SSSR count). The number of amides is 3. The molecule has 3 amide bonds. The predicted octanol–water partition coefficient (Wildman–Crippen LogP) is 1.04.